The normalized spacial score (nSPS) is 13.0. The average Bonchev–Trinajstić information content (AvgIpc) is 3.51. The van der Waals surface area contributed by atoms with Gasteiger partial charge in [0.15, 0.2) is 11.5 Å². The maximum atomic E-state index is 15.7. The molecule has 2 aromatic carbocycles. The molecule has 1 saturated carbocycles. The third kappa shape index (κ3) is 4.93. The molecule has 40 heavy (non-hydrogen) atoms. The van der Waals surface area contributed by atoms with Crippen LogP contribution in [0.15, 0.2) is 61.1 Å². The van der Waals surface area contributed by atoms with Gasteiger partial charge in [0.1, 0.15) is 11.6 Å². The van der Waals surface area contributed by atoms with E-state index in [9.17, 15) is 14.0 Å². The van der Waals surface area contributed by atoms with Gasteiger partial charge in [0.2, 0.25) is 5.91 Å². The summed E-state index contributed by atoms with van der Waals surface area (Å²) in [5.41, 5.74) is 3.06. The molecule has 2 N–H and O–H groups in total. The topological polar surface area (TPSA) is 106 Å². The van der Waals surface area contributed by atoms with Gasteiger partial charge >= 0.3 is 0 Å². The van der Waals surface area contributed by atoms with Crippen molar-refractivity contribution in [3.63, 3.8) is 0 Å². The van der Waals surface area contributed by atoms with Crippen molar-refractivity contribution in [2.24, 2.45) is 0 Å². The molecule has 11 heteroatoms. The summed E-state index contributed by atoms with van der Waals surface area (Å²) in [6.07, 6.45) is 7.40. The Bertz CT molecular complexity index is 1790. The lowest BCUT2D eigenvalue weighted by Gasteiger charge is -2.13. The zero-order valence-electron chi connectivity index (χ0n) is 21.8. The second-order valence-corrected chi connectivity index (χ2v) is 9.88. The molecule has 202 valence electrons. The summed E-state index contributed by atoms with van der Waals surface area (Å²) in [6, 6.07) is 11.5. The fraction of sp³-hybridized carbons (Fsp3) is 0.207. The Labute approximate surface area is 227 Å². The molecule has 3 heterocycles. The van der Waals surface area contributed by atoms with Crippen molar-refractivity contribution in [3.8, 4) is 22.4 Å². The first-order valence-corrected chi connectivity index (χ1v) is 12.8. The number of amides is 2. The second kappa shape index (κ2) is 9.99. The van der Waals surface area contributed by atoms with E-state index in [0.29, 0.717) is 23.1 Å². The molecule has 1 aliphatic carbocycles. The summed E-state index contributed by atoms with van der Waals surface area (Å²) in [5.74, 6) is -1.84. The third-order valence-electron chi connectivity index (χ3n) is 6.82. The molecule has 1 fully saturated rings. The third-order valence-corrected chi connectivity index (χ3v) is 6.82. The van der Waals surface area contributed by atoms with Crippen molar-refractivity contribution in [1.29, 1.82) is 0 Å². The number of carbonyl (C=O) groups excluding carboxylic acids is 2. The fourth-order valence-corrected chi connectivity index (χ4v) is 4.60. The van der Waals surface area contributed by atoms with Crippen LogP contribution in [0.25, 0.3) is 28.0 Å². The van der Waals surface area contributed by atoms with Crippen molar-refractivity contribution in [1.82, 2.24) is 29.7 Å². The molecule has 3 aromatic heterocycles. The van der Waals surface area contributed by atoms with Gasteiger partial charge in [-0.3, -0.25) is 14.3 Å². The van der Waals surface area contributed by atoms with Gasteiger partial charge in [-0.25, -0.2) is 18.3 Å². The van der Waals surface area contributed by atoms with Crippen molar-refractivity contribution < 1.29 is 18.4 Å². The van der Waals surface area contributed by atoms with Crippen LogP contribution in [0.4, 0.5) is 14.6 Å². The van der Waals surface area contributed by atoms with Crippen LogP contribution in [0.5, 0.6) is 0 Å². The Morgan fingerprint density at radius 2 is 1.88 bits per heavy atom. The predicted molar refractivity (Wildman–Crippen MR) is 144 cm³/mol. The Balaban J connectivity index is 1.23. The van der Waals surface area contributed by atoms with E-state index < -0.39 is 17.5 Å². The summed E-state index contributed by atoms with van der Waals surface area (Å²) < 4.78 is 33.7. The first-order valence-electron chi connectivity index (χ1n) is 12.8. The van der Waals surface area contributed by atoms with Crippen molar-refractivity contribution >= 4 is 23.3 Å². The van der Waals surface area contributed by atoms with Crippen LogP contribution in [0.1, 0.15) is 47.3 Å². The molecular weight excluding hydrogens is 516 g/mol. The van der Waals surface area contributed by atoms with Crippen LogP contribution in [-0.4, -0.2) is 36.2 Å². The number of fused-ring (bicyclic) bond motifs is 1. The standard InChI is InChI=1S/C29H25F2N7O2/c1-16-3-7-22(24-9-10-26-35-25(34-17(2)39)15-38(26)36-24)28(31)27(16)29(40)32-12-19-11-18(4-8-23(19)30)20-13-33-37(14-20)21-5-6-21/h3-4,7-11,13-15,21H,5-6,12H2,1-2H3,(H,32,40)(H,34,39). The molecule has 9 nitrogen and oxygen atoms in total. The lowest BCUT2D eigenvalue weighted by molar-refractivity contribution is -0.114. The van der Waals surface area contributed by atoms with E-state index in [1.165, 1.54) is 23.7 Å². The summed E-state index contributed by atoms with van der Waals surface area (Å²) in [4.78, 5) is 28.7. The maximum Gasteiger partial charge on any atom is 0.254 e. The zero-order valence-corrected chi connectivity index (χ0v) is 21.8. The van der Waals surface area contributed by atoms with E-state index >= 15 is 4.39 Å². The maximum absolute atomic E-state index is 15.7. The highest BCUT2D eigenvalue weighted by Gasteiger charge is 2.24. The smallest absolute Gasteiger partial charge is 0.254 e. The molecule has 2 amide bonds. The first kappa shape index (κ1) is 25.4. The summed E-state index contributed by atoms with van der Waals surface area (Å²) >= 11 is 0. The lowest BCUT2D eigenvalue weighted by Crippen LogP contribution is -2.25. The fourth-order valence-electron chi connectivity index (χ4n) is 4.60. The molecule has 0 bridgehead atoms. The monoisotopic (exact) mass is 541 g/mol. The molecule has 0 saturated heterocycles. The van der Waals surface area contributed by atoms with Gasteiger partial charge in [-0.1, -0.05) is 12.1 Å². The van der Waals surface area contributed by atoms with E-state index in [-0.39, 0.29) is 34.8 Å². The minimum Gasteiger partial charge on any atom is -0.348 e. The van der Waals surface area contributed by atoms with Crippen molar-refractivity contribution in [2.45, 2.75) is 39.3 Å². The van der Waals surface area contributed by atoms with E-state index in [1.807, 2.05) is 10.9 Å². The van der Waals surface area contributed by atoms with Crippen LogP contribution in [0.2, 0.25) is 0 Å². The number of imidazole rings is 1. The largest absolute Gasteiger partial charge is 0.348 e. The average molecular weight is 542 g/mol. The van der Waals surface area contributed by atoms with Crippen molar-refractivity contribution in [2.75, 3.05) is 5.32 Å². The minimum absolute atomic E-state index is 0.119. The number of halogens is 2. The van der Waals surface area contributed by atoms with Crippen LogP contribution in [0.3, 0.4) is 0 Å². The number of rotatable bonds is 7. The Hall–Kier alpha value is -4.93. The Morgan fingerprint density at radius 1 is 1.05 bits per heavy atom. The summed E-state index contributed by atoms with van der Waals surface area (Å²) in [7, 11) is 0. The Morgan fingerprint density at radius 3 is 2.65 bits per heavy atom. The van der Waals surface area contributed by atoms with Gasteiger partial charge in [-0.15, -0.1) is 0 Å². The molecule has 0 aliphatic heterocycles. The minimum atomic E-state index is -0.742. The second-order valence-electron chi connectivity index (χ2n) is 9.88. The van der Waals surface area contributed by atoms with Crippen LogP contribution in [0, 0.1) is 18.6 Å². The molecule has 0 radical (unpaired) electrons. The van der Waals surface area contributed by atoms with Gasteiger partial charge < -0.3 is 10.6 Å². The predicted octanol–water partition coefficient (Wildman–Crippen LogP) is 5.07. The number of carbonyl (C=O) groups is 2. The molecule has 0 atom stereocenters. The molecule has 0 unspecified atom stereocenters. The summed E-state index contributed by atoms with van der Waals surface area (Å²) in [6.45, 7) is 2.88. The number of nitrogens with zero attached hydrogens (tertiary/aromatic N) is 5. The van der Waals surface area contributed by atoms with Gasteiger partial charge in [-0.05, 0) is 61.2 Å². The van der Waals surface area contributed by atoms with Gasteiger partial charge in [-0.2, -0.15) is 10.2 Å². The van der Waals surface area contributed by atoms with E-state index in [0.717, 1.165) is 24.0 Å². The molecule has 0 spiro atoms. The van der Waals surface area contributed by atoms with Crippen molar-refractivity contribution in [3.05, 3.63) is 89.4 Å². The zero-order chi connectivity index (χ0) is 28.0. The summed E-state index contributed by atoms with van der Waals surface area (Å²) in [5, 5.41) is 14.0. The number of hydrogen-bond donors (Lipinski definition) is 2. The Kier molecular flexibility index (Phi) is 6.33. The van der Waals surface area contributed by atoms with Gasteiger partial charge in [0.05, 0.1) is 29.7 Å². The number of nitrogens with one attached hydrogen (secondary N) is 2. The first-order chi connectivity index (χ1) is 19.3. The molecule has 6 rings (SSSR count). The highest BCUT2D eigenvalue weighted by molar-refractivity contribution is 5.97. The number of anilines is 1. The van der Waals surface area contributed by atoms with Gasteiger partial charge in [0.25, 0.3) is 5.91 Å². The number of aromatic nitrogens is 5. The van der Waals surface area contributed by atoms with Crippen LogP contribution < -0.4 is 10.6 Å². The molecule has 5 aromatic rings. The van der Waals surface area contributed by atoms with E-state index in [1.54, 1.807) is 49.5 Å². The van der Waals surface area contributed by atoms with E-state index in [4.69, 9.17) is 0 Å². The van der Waals surface area contributed by atoms with E-state index in [2.05, 4.69) is 25.8 Å². The van der Waals surface area contributed by atoms with Gasteiger partial charge in [0, 0.05) is 36.4 Å². The number of benzene rings is 2. The van der Waals surface area contributed by atoms with Crippen LogP contribution in [-0.2, 0) is 11.3 Å². The highest BCUT2D eigenvalue weighted by atomic mass is 19.1. The quantitative estimate of drug-likeness (QED) is 0.299. The van der Waals surface area contributed by atoms with Crippen LogP contribution >= 0.6 is 0 Å². The highest BCUT2D eigenvalue weighted by Crippen LogP contribution is 2.35. The lowest BCUT2D eigenvalue weighted by atomic mass is 10.0. The molecule has 1 aliphatic rings. The molecular formula is C29H25F2N7O2. The SMILES string of the molecule is CC(=O)Nc1cn2nc(-c3ccc(C)c(C(=O)NCc4cc(-c5cnn(C6CC6)c5)ccc4F)c3F)ccc2n1. The number of hydrogen-bond acceptors (Lipinski definition) is 5. The number of aryl methyl sites for hydroxylation is 1.